The van der Waals surface area contributed by atoms with Crippen LogP contribution in [0.25, 0.3) is 0 Å². The SMILES string of the molecule is CC(C)(C)OC(=O)N1CCCCC1[C@@H](O)C(F)(F)F. The van der Waals surface area contributed by atoms with Gasteiger partial charge in [0.15, 0.2) is 6.10 Å². The van der Waals surface area contributed by atoms with Gasteiger partial charge in [-0.15, -0.1) is 0 Å². The molecule has 2 atom stereocenters. The van der Waals surface area contributed by atoms with Crippen LogP contribution in [0.4, 0.5) is 18.0 Å². The summed E-state index contributed by atoms with van der Waals surface area (Å²) >= 11 is 0. The maximum Gasteiger partial charge on any atom is 0.416 e. The van der Waals surface area contributed by atoms with E-state index < -0.39 is 30.0 Å². The number of ether oxygens (including phenoxy) is 1. The molecule has 1 aliphatic rings. The average molecular weight is 283 g/mol. The summed E-state index contributed by atoms with van der Waals surface area (Å²) < 4.78 is 42.8. The van der Waals surface area contributed by atoms with Crippen molar-refractivity contribution >= 4 is 6.09 Å². The molecule has 19 heavy (non-hydrogen) atoms. The van der Waals surface area contributed by atoms with Crippen molar-refractivity contribution < 1.29 is 27.8 Å². The van der Waals surface area contributed by atoms with Gasteiger partial charge in [-0.25, -0.2) is 4.79 Å². The van der Waals surface area contributed by atoms with Crippen LogP contribution in [0.15, 0.2) is 0 Å². The van der Waals surface area contributed by atoms with E-state index >= 15 is 0 Å². The smallest absolute Gasteiger partial charge is 0.416 e. The molecule has 112 valence electrons. The lowest BCUT2D eigenvalue weighted by Crippen LogP contribution is -2.55. The van der Waals surface area contributed by atoms with Crippen LogP contribution < -0.4 is 0 Å². The average Bonchev–Trinajstić information content (AvgIpc) is 2.24. The summed E-state index contributed by atoms with van der Waals surface area (Å²) in [6.45, 7) is 5.10. The van der Waals surface area contributed by atoms with Gasteiger partial charge in [0.05, 0.1) is 6.04 Å². The predicted octanol–water partition coefficient (Wildman–Crippen LogP) is 2.70. The van der Waals surface area contributed by atoms with E-state index in [0.29, 0.717) is 12.8 Å². The number of alkyl halides is 3. The molecule has 0 aromatic carbocycles. The number of hydrogen-bond donors (Lipinski definition) is 1. The van der Waals surface area contributed by atoms with Crippen molar-refractivity contribution in [2.75, 3.05) is 6.54 Å². The Morgan fingerprint density at radius 1 is 1.32 bits per heavy atom. The minimum atomic E-state index is -4.73. The third-order valence-electron chi connectivity index (χ3n) is 2.88. The molecule has 0 aliphatic carbocycles. The highest BCUT2D eigenvalue weighted by Crippen LogP contribution is 2.30. The largest absolute Gasteiger partial charge is 0.444 e. The minimum Gasteiger partial charge on any atom is -0.444 e. The highest BCUT2D eigenvalue weighted by molar-refractivity contribution is 5.68. The number of hydrogen-bond acceptors (Lipinski definition) is 3. The molecular formula is C12H20F3NO3. The molecule has 4 nitrogen and oxygen atoms in total. The fourth-order valence-electron chi connectivity index (χ4n) is 2.05. The Balaban J connectivity index is 2.81. The number of carbonyl (C=O) groups excluding carboxylic acids is 1. The number of amides is 1. The Morgan fingerprint density at radius 2 is 1.89 bits per heavy atom. The zero-order chi connectivity index (χ0) is 14.8. The van der Waals surface area contributed by atoms with E-state index in [0.717, 1.165) is 4.90 Å². The molecule has 1 unspecified atom stereocenters. The van der Waals surface area contributed by atoms with Gasteiger partial charge in [-0.05, 0) is 40.0 Å². The van der Waals surface area contributed by atoms with Crippen LogP contribution in [0.3, 0.4) is 0 Å². The summed E-state index contributed by atoms with van der Waals surface area (Å²) in [7, 11) is 0. The second-order valence-corrected chi connectivity index (χ2v) is 5.72. The number of likely N-dealkylation sites (tertiary alicyclic amines) is 1. The monoisotopic (exact) mass is 283 g/mol. The molecule has 7 heteroatoms. The number of rotatable bonds is 1. The van der Waals surface area contributed by atoms with Crippen LogP contribution in [0.5, 0.6) is 0 Å². The lowest BCUT2D eigenvalue weighted by molar-refractivity contribution is -0.222. The van der Waals surface area contributed by atoms with Gasteiger partial charge in [0.25, 0.3) is 0 Å². The minimum absolute atomic E-state index is 0.125. The predicted molar refractivity (Wildman–Crippen MR) is 62.6 cm³/mol. The maximum absolute atomic E-state index is 12.6. The van der Waals surface area contributed by atoms with Crippen LogP contribution >= 0.6 is 0 Å². The highest BCUT2D eigenvalue weighted by Gasteiger charge is 2.48. The first kappa shape index (κ1) is 16.1. The van der Waals surface area contributed by atoms with Crippen LogP contribution in [0.2, 0.25) is 0 Å². The third kappa shape index (κ3) is 4.56. The fraction of sp³-hybridized carbons (Fsp3) is 0.917. The quantitative estimate of drug-likeness (QED) is 0.805. The Kier molecular flexibility index (Phi) is 4.71. The summed E-state index contributed by atoms with van der Waals surface area (Å²) in [4.78, 5) is 12.9. The second-order valence-electron chi connectivity index (χ2n) is 5.72. The summed E-state index contributed by atoms with van der Waals surface area (Å²) in [5, 5.41) is 9.35. The Bertz CT molecular complexity index is 325. The standard InChI is InChI=1S/C12H20F3NO3/c1-11(2,3)19-10(18)16-7-5-4-6-8(16)9(17)12(13,14)15/h8-9,17H,4-7H2,1-3H3/t8?,9-/m1/s1. The maximum atomic E-state index is 12.6. The van der Waals surface area contributed by atoms with Gasteiger partial charge >= 0.3 is 12.3 Å². The Labute approximate surface area is 110 Å². The van der Waals surface area contributed by atoms with Gasteiger partial charge in [0.1, 0.15) is 5.60 Å². The van der Waals surface area contributed by atoms with Gasteiger partial charge in [-0.2, -0.15) is 13.2 Å². The van der Waals surface area contributed by atoms with Gasteiger partial charge in [0.2, 0.25) is 0 Å². The van der Waals surface area contributed by atoms with E-state index in [9.17, 15) is 23.1 Å². The van der Waals surface area contributed by atoms with E-state index in [1.165, 1.54) is 0 Å². The van der Waals surface area contributed by atoms with Crippen molar-refractivity contribution in [1.82, 2.24) is 4.90 Å². The van der Waals surface area contributed by atoms with Crippen molar-refractivity contribution in [2.24, 2.45) is 0 Å². The third-order valence-corrected chi connectivity index (χ3v) is 2.88. The molecule has 1 aliphatic heterocycles. The molecule has 1 amide bonds. The summed E-state index contributed by atoms with van der Waals surface area (Å²) in [5.74, 6) is 0. The lowest BCUT2D eigenvalue weighted by Gasteiger charge is -2.39. The topological polar surface area (TPSA) is 49.8 Å². The van der Waals surface area contributed by atoms with Crippen molar-refractivity contribution in [3.8, 4) is 0 Å². The first-order chi connectivity index (χ1) is 8.52. The van der Waals surface area contributed by atoms with Gasteiger partial charge in [-0.3, -0.25) is 0 Å². The zero-order valence-corrected chi connectivity index (χ0v) is 11.3. The van der Waals surface area contributed by atoms with E-state index in [4.69, 9.17) is 4.74 Å². The van der Waals surface area contributed by atoms with Gasteiger partial charge in [-0.1, -0.05) is 0 Å². The summed E-state index contributed by atoms with van der Waals surface area (Å²) in [6, 6.07) is -1.26. The van der Waals surface area contributed by atoms with E-state index in [1.807, 2.05) is 0 Å². The summed E-state index contributed by atoms with van der Waals surface area (Å²) in [6.07, 6.45) is -6.78. The van der Waals surface area contributed by atoms with Crippen LogP contribution in [-0.2, 0) is 4.74 Å². The molecule has 0 saturated carbocycles. The number of carbonyl (C=O) groups is 1. The van der Waals surface area contributed by atoms with E-state index in [1.54, 1.807) is 20.8 Å². The van der Waals surface area contributed by atoms with Crippen LogP contribution in [0.1, 0.15) is 40.0 Å². The molecular weight excluding hydrogens is 263 g/mol. The van der Waals surface area contributed by atoms with Crippen molar-refractivity contribution in [1.29, 1.82) is 0 Å². The molecule has 1 saturated heterocycles. The van der Waals surface area contributed by atoms with Gasteiger partial charge < -0.3 is 14.7 Å². The molecule has 1 heterocycles. The molecule has 0 bridgehead atoms. The Hall–Kier alpha value is -0.980. The normalized spacial score (nSPS) is 23.1. The number of nitrogens with zero attached hydrogens (tertiary/aromatic N) is 1. The number of piperidine rings is 1. The number of aliphatic hydroxyl groups is 1. The molecule has 1 N–H and O–H groups in total. The Morgan fingerprint density at radius 3 is 2.37 bits per heavy atom. The van der Waals surface area contributed by atoms with Crippen LogP contribution in [-0.4, -0.2) is 46.6 Å². The zero-order valence-electron chi connectivity index (χ0n) is 11.3. The van der Waals surface area contributed by atoms with E-state index in [2.05, 4.69) is 0 Å². The first-order valence-electron chi connectivity index (χ1n) is 6.27. The molecule has 0 aromatic heterocycles. The van der Waals surface area contributed by atoms with Crippen molar-refractivity contribution in [3.05, 3.63) is 0 Å². The summed E-state index contributed by atoms with van der Waals surface area (Å²) in [5.41, 5.74) is -0.776. The van der Waals surface area contributed by atoms with Crippen molar-refractivity contribution in [2.45, 2.75) is 64.0 Å². The number of halogens is 3. The van der Waals surface area contributed by atoms with Crippen LogP contribution in [0, 0.1) is 0 Å². The highest BCUT2D eigenvalue weighted by atomic mass is 19.4. The number of aliphatic hydroxyl groups excluding tert-OH is 1. The van der Waals surface area contributed by atoms with E-state index in [-0.39, 0.29) is 13.0 Å². The molecule has 0 aromatic rings. The fourth-order valence-corrected chi connectivity index (χ4v) is 2.05. The second kappa shape index (κ2) is 5.56. The van der Waals surface area contributed by atoms with Crippen molar-refractivity contribution in [3.63, 3.8) is 0 Å². The molecule has 0 radical (unpaired) electrons. The molecule has 1 rings (SSSR count). The molecule has 0 spiro atoms. The lowest BCUT2D eigenvalue weighted by atomic mass is 9.97. The molecule has 1 fully saturated rings. The van der Waals surface area contributed by atoms with Gasteiger partial charge in [0, 0.05) is 6.54 Å². The first-order valence-corrected chi connectivity index (χ1v) is 6.27.